The molecule has 3 aliphatic rings. The molecule has 3 rings (SSSR count). The Bertz CT molecular complexity index is 674. The summed E-state index contributed by atoms with van der Waals surface area (Å²) in [6.45, 7) is 0.618. The molecule has 0 unspecified atom stereocenters. The topological polar surface area (TPSA) is 105 Å². The average molecular weight is 463 g/mol. The van der Waals surface area contributed by atoms with Crippen LogP contribution in [0.4, 0.5) is 0 Å². The lowest BCUT2D eigenvalue weighted by molar-refractivity contribution is -0.137. The molecule has 1 aliphatic carbocycles. The van der Waals surface area contributed by atoms with Crippen LogP contribution in [0.2, 0.25) is 0 Å². The number of nitrogens with one attached hydrogen (secondary N) is 2. The Hall–Kier alpha value is -1.89. The molecule has 33 heavy (non-hydrogen) atoms. The third-order valence-corrected chi connectivity index (χ3v) is 7.65. The van der Waals surface area contributed by atoms with E-state index in [0.29, 0.717) is 31.2 Å². The van der Waals surface area contributed by atoms with Crippen molar-refractivity contribution in [1.82, 2.24) is 10.6 Å². The highest BCUT2D eigenvalue weighted by Crippen LogP contribution is 2.44. The van der Waals surface area contributed by atoms with Crippen LogP contribution in [-0.2, 0) is 19.1 Å². The largest absolute Gasteiger partial charge is 0.481 e. The van der Waals surface area contributed by atoms with Crippen LogP contribution in [0.5, 0.6) is 0 Å². The van der Waals surface area contributed by atoms with E-state index >= 15 is 0 Å². The summed E-state index contributed by atoms with van der Waals surface area (Å²) in [6, 6.07) is 0. The van der Waals surface area contributed by atoms with Gasteiger partial charge in [0, 0.05) is 25.3 Å². The first-order valence-corrected chi connectivity index (χ1v) is 13.1. The zero-order valence-corrected chi connectivity index (χ0v) is 19.9. The molecule has 0 aromatic heterocycles. The summed E-state index contributed by atoms with van der Waals surface area (Å²) < 4.78 is 6.10. The molecule has 1 saturated carbocycles. The Balaban J connectivity index is 1.29. The van der Waals surface area contributed by atoms with E-state index in [9.17, 15) is 14.4 Å². The lowest BCUT2D eigenvalue weighted by atomic mass is 9.77. The van der Waals surface area contributed by atoms with Crippen molar-refractivity contribution in [1.29, 1.82) is 0 Å². The number of hydrogen-bond donors (Lipinski definition) is 3. The lowest BCUT2D eigenvalue weighted by Gasteiger charge is -2.27. The van der Waals surface area contributed by atoms with Gasteiger partial charge in [-0.2, -0.15) is 0 Å². The minimum absolute atomic E-state index is 0.0323. The van der Waals surface area contributed by atoms with Crippen molar-refractivity contribution in [2.45, 2.75) is 102 Å². The van der Waals surface area contributed by atoms with Crippen molar-refractivity contribution in [3.05, 3.63) is 12.2 Å². The van der Waals surface area contributed by atoms with Gasteiger partial charge in [0.1, 0.15) is 0 Å². The second-order valence-electron chi connectivity index (χ2n) is 10.1. The first-order valence-electron chi connectivity index (χ1n) is 13.1. The van der Waals surface area contributed by atoms with Crippen molar-refractivity contribution < 1.29 is 24.2 Å². The monoisotopic (exact) mass is 462 g/mol. The minimum atomic E-state index is -0.753. The van der Waals surface area contributed by atoms with Crippen molar-refractivity contribution in [2.24, 2.45) is 17.8 Å². The van der Waals surface area contributed by atoms with Crippen LogP contribution in [-0.4, -0.2) is 48.2 Å². The number of carbonyl (C=O) groups is 3. The summed E-state index contributed by atoms with van der Waals surface area (Å²) >= 11 is 0. The second kappa shape index (κ2) is 13.7. The fourth-order valence-corrected chi connectivity index (χ4v) is 5.81. The molecule has 4 atom stereocenters. The van der Waals surface area contributed by atoms with Gasteiger partial charge in [0.25, 0.3) is 0 Å². The number of ether oxygens (including phenoxy) is 1. The van der Waals surface area contributed by atoms with E-state index in [1.54, 1.807) is 0 Å². The molecule has 2 amide bonds. The maximum Gasteiger partial charge on any atom is 0.303 e. The van der Waals surface area contributed by atoms with Gasteiger partial charge in [-0.25, -0.2) is 0 Å². The van der Waals surface area contributed by atoms with Gasteiger partial charge in [-0.3, -0.25) is 14.4 Å². The number of carboxylic acid groups (broad SMARTS) is 1. The number of amides is 2. The molecular weight excluding hydrogens is 420 g/mol. The highest BCUT2D eigenvalue weighted by Gasteiger charge is 2.47. The summed E-state index contributed by atoms with van der Waals surface area (Å²) in [7, 11) is 0. The Kier molecular flexibility index (Phi) is 10.7. The van der Waals surface area contributed by atoms with E-state index < -0.39 is 5.97 Å². The summed E-state index contributed by atoms with van der Waals surface area (Å²) in [6.07, 6.45) is 18.5. The molecule has 7 heteroatoms. The summed E-state index contributed by atoms with van der Waals surface area (Å²) in [5.74, 6) is 0.538. The Morgan fingerprint density at radius 2 is 1.61 bits per heavy atom. The number of rotatable bonds is 14. The molecule has 0 aromatic carbocycles. The molecule has 0 spiro atoms. The molecular formula is C26H42N2O5. The first kappa shape index (κ1) is 25.7. The zero-order chi connectivity index (χ0) is 23.5. The Labute approximate surface area is 198 Å². The van der Waals surface area contributed by atoms with Crippen molar-refractivity contribution in [3.8, 4) is 0 Å². The lowest BCUT2D eigenvalue weighted by Crippen LogP contribution is -2.42. The molecule has 2 bridgehead atoms. The maximum atomic E-state index is 12.3. The Morgan fingerprint density at radius 3 is 2.36 bits per heavy atom. The number of carbonyl (C=O) groups excluding carboxylic acids is 2. The van der Waals surface area contributed by atoms with E-state index in [-0.39, 0.29) is 37.0 Å². The molecule has 3 N–H and O–H groups in total. The highest BCUT2D eigenvalue weighted by molar-refractivity contribution is 5.84. The predicted octanol–water partition coefficient (Wildman–Crippen LogP) is 3.96. The number of unbranched alkanes of at least 4 members (excludes halogenated alkanes) is 1. The number of aliphatic carboxylic acids is 1. The standard InChI is InChI=1S/C26H42N2O5/c29-24(13-8-11-19-9-4-3-5-10-19)28-18-25(30)27-17-21-20(22-15-16-23(21)33-22)12-6-1-2-7-14-26(31)32/h1,6,19-23H,2-5,7-18H2,(H,27,30)(H,28,29)(H,31,32)/t20-,21+,22+,23-/m1/s1. The van der Waals surface area contributed by atoms with Crippen LogP contribution in [0.3, 0.4) is 0 Å². The van der Waals surface area contributed by atoms with Gasteiger partial charge in [-0.15, -0.1) is 0 Å². The van der Waals surface area contributed by atoms with Crippen LogP contribution in [0.1, 0.15) is 89.9 Å². The average Bonchev–Trinajstić information content (AvgIpc) is 3.41. The fourth-order valence-electron chi connectivity index (χ4n) is 5.81. The van der Waals surface area contributed by atoms with Gasteiger partial charge in [0.2, 0.25) is 11.8 Å². The normalized spacial score (nSPS) is 27.2. The third-order valence-electron chi connectivity index (χ3n) is 7.65. The first-order chi connectivity index (χ1) is 16.0. The molecule has 2 saturated heterocycles. The third kappa shape index (κ3) is 8.76. The molecule has 3 fully saturated rings. The quantitative estimate of drug-likeness (QED) is 0.268. The molecule has 0 aromatic rings. The van der Waals surface area contributed by atoms with E-state index in [1.165, 1.54) is 32.1 Å². The molecule has 7 nitrogen and oxygen atoms in total. The van der Waals surface area contributed by atoms with Crippen LogP contribution in [0.15, 0.2) is 12.2 Å². The maximum absolute atomic E-state index is 12.3. The van der Waals surface area contributed by atoms with Crippen molar-refractivity contribution in [2.75, 3.05) is 13.1 Å². The molecule has 186 valence electrons. The predicted molar refractivity (Wildman–Crippen MR) is 127 cm³/mol. The smallest absolute Gasteiger partial charge is 0.303 e. The number of allylic oxidation sites excluding steroid dienone is 2. The second-order valence-corrected chi connectivity index (χ2v) is 10.1. The number of carboxylic acids is 1. The van der Waals surface area contributed by atoms with Crippen LogP contribution < -0.4 is 10.6 Å². The SMILES string of the molecule is O=C(O)CCCC=CC[C@@H]1[C@H](CNC(=O)CNC(=O)CCCC2CCCCC2)[C@H]2CC[C@@H]1O2. The van der Waals surface area contributed by atoms with Gasteiger partial charge in [-0.05, 0) is 56.8 Å². The van der Waals surface area contributed by atoms with Gasteiger partial charge < -0.3 is 20.5 Å². The van der Waals surface area contributed by atoms with Crippen LogP contribution >= 0.6 is 0 Å². The van der Waals surface area contributed by atoms with Crippen molar-refractivity contribution in [3.63, 3.8) is 0 Å². The number of hydrogen-bond acceptors (Lipinski definition) is 4. The van der Waals surface area contributed by atoms with Crippen molar-refractivity contribution >= 4 is 17.8 Å². The van der Waals surface area contributed by atoms with Crippen LogP contribution in [0, 0.1) is 17.8 Å². The van der Waals surface area contributed by atoms with E-state index in [1.807, 2.05) is 0 Å². The van der Waals surface area contributed by atoms with E-state index in [2.05, 4.69) is 22.8 Å². The van der Waals surface area contributed by atoms with Gasteiger partial charge >= 0.3 is 5.97 Å². The van der Waals surface area contributed by atoms with Gasteiger partial charge in [0.05, 0.1) is 18.8 Å². The van der Waals surface area contributed by atoms with E-state index in [0.717, 1.165) is 44.4 Å². The minimum Gasteiger partial charge on any atom is -0.481 e. The molecule has 2 aliphatic heterocycles. The zero-order valence-electron chi connectivity index (χ0n) is 19.9. The molecule has 0 radical (unpaired) electrons. The Morgan fingerprint density at radius 1 is 0.848 bits per heavy atom. The highest BCUT2D eigenvalue weighted by atomic mass is 16.5. The summed E-state index contributed by atoms with van der Waals surface area (Å²) in [5.41, 5.74) is 0. The summed E-state index contributed by atoms with van der Waals surface area (Å²) in [5, 5.41) is 14.5. The van der Waals surface area contributed by atoms with E-state index in [4.69, 9.17) is 9.84 Å². The number of fused-ring (bicyclic) bond motifs is 2. The summed E-state index contributed by atoms with van der Waals surface area (Å²) in [4.78, 5) is 35.0. The van der Waals surface area contributed by atoms with Gasteiger partial charge in [0.15, 0.2) is 0 Å². The molecule has 2 heterocycles. The van der Waals surface area contributed by atoms with Gasteiger partial charge in [-0.1, -0.05) is 44.3 Å². The fraction of sp³-hybridized carbons (Fsp3) is 0.808. The van der Waals surface area contributed by atoms with Crippen LogP contribution in [0.25, 0.3) is 0 Å².